The molecule has 0 bridgehead atoms. The third kappa shape index (κ3) is 4.49. The van der Waals surface area contributed by atoms with Crippen molar-refractivity contribution < 1.29 is 33.3 Å². The number of hydrogen-bond donors (Lipinski definition) is 1. The number of carbonyl (C=O) groups excluding carboxylic acids is 2. The van der Waals surface area contributed by atoms with Crippen LogP contribution in [0.5, 0.6) is 28.7 Å². The van der Waals surface area contributed by atoms with Gasteiger partial charge in [-0.1, -0.05) is 31.2 Å². The number of fused-ring (bicyclic) bond motifs is 2. The van der Waals surface area contributed by atoms with E-state index in [0.29, 0.717) is 22.8 Å². The number of benzene rings is 2. The number of Topliss-reactive ketones (excluding diaryl/α,β-unsaturated/α-hetero) is 2. The SMILES string of the molecule is C=C(C)COc1cc([C@H]2C3=C(C[C@@H](C)[C@]4(Oc5c(Cl)c(OC)cc(OC)c5C4=O)C3=O)Nc3c2c(=O)n(C)c(=O)n3C)ccc1OC. The molecule has 3 heterocycles. The maximum Gasteiger partial charge on any atom is 0.332 e. The van der Waals surface area contributed by atoms with Crippen LogP contribution in [0.15, 0.2) is 57.3 Å². The Morgan fingerprint density at radius 2 is 1.68 bits per heavy atom. The molecule has 1 spiro atoms. The largest absolute Gasteiger partial charge is 0.496 e. The summed E-state index contributed by atoms with van der Waals surface area (Å²) in [5, 5.41) is 3.24. The van der Waals surface area contributed by atoms with Crippen LogP contribution in [0.2, 0.25) is 5.02 Å². The highest BCUT2D eigenvalue weighted by molar-refractivity contribution is 6.36. The van der Waals surface area contributed by atoms with Crippen molar-refractivity contribution in [3.63, 3.8) is 0 Å². The number of aromatic nitrogens is 2. The van der Waals surface area contributed by atoms with Crippen LogP contribution in [-0.2, 0) is 18.9 Å². The molecule has 0 radical (unpaired) electrons. The van der Waals surface area contributed by atoms with E-state index >= 15 is 4.79 Å². The van der Waals surface area contributed by atoms with Crippen LogP contribution in [0.1, 0.15) is 47.7 Å². The van der Waals surface area contributed by atoms with Gasteiger partial charge in [0.1, 0.15) is 34.5 Å². The van der Waals surface area contributed by atoms with Crippen LogP contribution in [0.25, 0.3) is 0 Å². The number of ether oxygens (including phenoxy) is 5. The zero-order chi connectivity index (χ0) is 34.1. The first kappa shape index (κ1) is 32.0. The molecule has 246 valence electrons. The van der Waals surface area contributed by atoms with Gasteiger partial charge in [-0.25, -0.2) is 4.79 Å². The first-order valence-corrected chi connectivity index (χ1v) is 15.2. The number of allylic oxidation sites excluding steroid dienone is 1. The Balaban J connectivity index is 1.61. The van der Waals surface area contributed by atoms with Crippen LogP contribution < -0.4 is 40.3 Å². The summed E-state index contributed by atoms with van der Waals surface area (Å²) in [5.74, 6) is -1.65. The van der Waals surface area contributed by atoms with Crippen LogP contribution in [-0.4, -0.2) is 54.2 Å². The van der Waals surface area contributed by atoms with Crippen molar-refractivity contribution in [2.75, 3.05) is 33.3 Å². The highest BCUT2D eigenvalue weighted by atomic mass is 35.5. The first-order valence-electron chi connectivity index (χ1n) is 14.8. The van der Waals surface area contributed by atoms with E-state index in [9.17, 15) is 14.4 Å². The minimum absolute atomic E-state index is 0.0175. The van der Waals surface area contributed by atoms with Crippen LogP contribution in [0.4, 0.5) is 5.82 Å². The van der Waals surface area contributed by atoms with Gasteiger partial charge in [0, 0.05) is 43.3 Å². The van der Waals surface area contributed by atoms with E-state index in [4.69, 9.17) is 35.3 Å². The molecule has 47 heavy (non-hydrogen) atoms. The van der Waals surface area contributed by atoms with Crippen molar-refractivity contribution >= 4 is 29.0 Å². The van der Waals surface area contributed by atoms with Crippen LogP contribution in [0, 0.1) is 5.92 Å². The lowest BCUT2D eigenvalue weighted by atomic mass is 9.66. The smallest absolute Gasteiger partial charge is 0.332 e. The van der Waals surface area contributed by atoms with Gasteiger partial charge in [-0.2, -0.15) is 0 Å². The maximum absolute atomic E-state index is 15.1. The van der Waals surface area contributed by atoms with Crippen molar-refractivity contribution in [2.45, 2.75) is 31.8 Å². The lowest BCUT2D eigenvalue weighted by Gasteiger charge is -2.42. The Kier molecular flexibility index (Phi) is 7.74. The number of anilines is 1. The number of carbonyl (C=O) groups is 2. The molecule has 13 heteroatoms. The molecule has 3 atom stereocenters. The summed E-state index contributed by atoms with van der Waals surface area (Å²) in [7, 11) is 7.22. The van der Waals surface area contributed by atoms with Crippen molar-refractivity contribution in [3.05, 3.63) is 90.2 Å². The molecule has 0 amide bonds. The van der Waals surface area contributed by atoms with Gasteiger partial charge in [0.2, 0.25) is 17.2 Å². The molecule has 0 unspecified atom stereocenters. The van der Waals surface area contributed by atoms with Gasteiger partial charge in [0.05, 0.1) is 26.9 Å². The Bertz CT molecular complexity index is 2060. The maximum atomic E-state index is 15.1. The van der Waals surface area contributed by atoms with E-state index in [1.807, 2.05) is 6.92 Å². The molecule has 0 saturated carbocycles. The summed E-state index contributed by atoms with van der Waals surface area (Å²) in [6.07, 6.45) is 0.159. The van der Waals surface area contributed by atoms with Crippen molar-refractivity contribution in [1.82, 2.24) is 9.13 Å². The second-order valence-corrected chi connectivity index (χ2v) is 12.4. The standard InChI is InChI=1S/C34H34ClN3O9/c1-15(2)14-46-20-12-17(9-10-19(20)43-6)23-24-18(36-31-26(23)32(41)38(5)33(42)37(31)4)11-16(3)34(29(24)39)30(40)25-21(44-7)13-22(45-8)27(35)28(25)47-34/h9-10,12-13,16,23,36H,1,11,14H2,2-8H3/t16-,23+,34+/m1/s1. The number of nitrogens with zero attached hydrogens (tertiary/aromatic N) is 2. The summed E-state index contributed by atoms with van der Waals surface area (Å²) < 4.78 is 31.1. The molecule has 1 aromatic heterocycles. The van der Waals surface area contributed by atoms with Crippen molar-refractivity contribution in [1.29, 1.82) is 0 Å². The fraction of sp³-hybridized carbons (Fsp3) is 0.353. The molecule has 3 aromatic rings. The molecular formula is C34H34ClN3O9. The third-order valence-electron chi connectivity index (χ3n) is 9.07. The van der Waals surface area contributed by atoms with E-state index in [2.05, 4.69) is 11.9 Å². The first-order chi connectivity index (χ1) is 22.3. The van der Waals surface area contributed by atoms with Crippen LogP contribution in [0.3, 0.4) is 0 Å². The molecule has 6 rings (SSSR count). The molecule has 3 aliphatic rings. The summed E-state index contributed by atoms with van der Waals surface area (Å²) >= 11 is 6.64. The lowest BCUT2D eigenvalue weighted by Crippen LogP contribution is -2.58. The summed E-state index contributed by atoms with van der Waals surface area (Å²) in [5.41, 5.74) is -1.15. The van der Waals surface area contributed by atoms with Crippen LogP contribution >= 0.6 is 11.6 Å². The predicted octanol–water partition coefficient (Wildman–Crippen LogP) is 4.15. The van der Waals surface area contributed by atoms with Gasteiger partial charge in [0.25, 0.3) is 5.56 Å². The highest BCUT2D eigenvalue weighted by Gasteiger charge is 2.63. The lowest BCUT2D eigenvalue weighted by molar-refractivity contribution is -0.130. The average Bonchev–Trinajstić information content (AvgIpc) is 3.38. The number of ketones is 2. The molecule has 1 aliphatic carbocycles. The monoisotopic (exact) mass is 663 g/mol. The topological polar surface area (TPSA) is 136 Å². The zero-order valence-corrected chi connectivity index (χ0v) is 27.8. The zero-order valence-electron chi connectivity index (χ0n) is 27.0. The van der Waals surface area contributed by atoms with Crippen molar-refractivity contribution in [2.24, 2.45) is 20.0 Å². The van der Waals surface area contributed by atoms with Crippen molar-refractivity contribution in [3.8, 4) is 28.7 Å². The Morgan fingerprint density at radius 1 is 1.00 bits per heavy atom. The molecular weight excluding hydrogens is 630 g/mol. The molecule has 2 aliphatic heterocycles. The number of halogens is 1. The molecule has 0 fully saturated rings. The summed E-state index contributed by atoms with van der Waals surface area (Å²) in [6.45, 7) is 7.64. The number of rotatable bonds is 7. The summed E-state index contributed by atoms with van der Waals surface area (Å²) in [6, 6.07) is 6.55. The van der Waals surface area contributed by atoms with Gasteiger partial charge >= 0.3 is 5.69 Å². The fourth-order valence-electron chi connectivity index (χ4n) is 6.71. The van der Waals surface area contributed by atoms with Gasteiger partial charge in [0.15, 0.2) is 17.2 Å². The molecule has 1 N–H and O–H groups in total. The van der Waals surface area contributed by atoms with E-state index in [-0.39, 0.29) is 57.8 Å². The van der Waals surface area contributed by atoms with E-state index < -0.39 is 40.3 Å². The van der Waals surface area contributed by atoms with Gasteiger partial charge in [-0.15, -0.1) is 0 Å². The minimum Gasteiger partial charge on any atom is -0.496 e. The molecule has 0 saturated heterocycles. The second-order valence-electron chi connectivity index (χ2n) is 12.0. The van der Waals surface area contributed by atoms with E-state index in [0.717, 1.165) is 10.1 Å². The summed E-state index contributed by atoms with van der Waals surface area (Å²) in [4.78, 5) is 56.6. The predicted molar refractivity (Wildman–Crippen MR) is 174 cm³/mol. The fourth-order valence-corrected chi connectivity index (χ4v) is 6.97. The van der Waals surface area contributed by atoms with E-state index in [1.54, 1.807) is 32.2 Å². The number of hydrogen-bond acceptors (Lipinski definition) is 10. The molecule has 12 nitrogen and oxygen atoms in total. The molecule has 2 aromatic carbocycles. The van der Waals surface area contributed by atoms with Gasteiger partial charge < -0.3 is 29.0 Å². The van der Waals surface area contributed by atoms with Gasteiger partial charge in [-0.3, -0.25) is 23.5 Å². The Labute approximate surface area is 275 Å². The highest BCUT2D eigenvalue weighted by Crippen LogP contribution is 2.56. The third-order valence-corrected chi connectivity index (χ3v) is 9.43. The number of nitrogens with one attached hydrogen (secondary N) is 1. The average molecular weight is 664 g/mol. The second kappa shape index (κ2) is 11.4. The minimum atomic E-state index is -2.03. The normalized spacial score (nSPS) is 21.0. The Morgan fingerprint density at radius 3 is 2.32 bits per heavy atom. The Hall–Kier alpha value is -4.97. The van der Waals surface area contributed by atoms with E-state index in [1.165, 1.54) is 39.0 Å². The number of methoxy groups -OCH3 is 3. The quantitative estimate of drug-likeness (QED) is 0.290. The van der Waals surface area contributed by atoms with Gasteiger partial charge in [-0.05, 0) is 36.6 Å².